The molecule has 0 bridgehead atoms. The molecule has 1 atom stereocenters. The molecule has 1 heterocycles. The highest BCUT2D eigenvalue weighted by Gasteiger charge is 2.25. The van der Waals surface area contributed by atoms with Gasteiger partial charge in [-0.15, -0.1) is 0 Å². The van der Waals surface area contributed by atoms with E-state index < -0.39 is 0 Å². The lowest BCUT2D eigenvalue weighted by Gasteiger charge is -2.29. The molecular weight excluding hydrogens is 162 g/mol. The Hall–Kier alpha value is -0.830. The molecule has 3 nitrogen and oxygen atoms in total. The Balaban J connectivity index is 2.81. The van der Waals surface area contributed by atoms with Gasteiger partial charge in [0.2, 0.25) is 0 Å². The quantitative estimate of drug-likeness (QED) is 0.748. The maximum absolute atomic E-state index is 5.60. The number of nitrogens with two attached hydrogens (primary N) is 1. The van der Waals surface area contributed by atoms with Gasteiger partial charge in [-0.25, -0.2) is 0 Å². The van der Waals surface area contributed by atoms with Crippen LogP contribution in [0.2, 0.25) is 0 Å². The van der Waals surface area contributed by atoms with Crippen LogP contribution in [0.4, 0.5) is 0 Å². The maximum Gasteiger partial charge on any atom is 0.0522 e. The van der Waals surface area contributed by atoms with Gasteiger partial charge in [0.15, 0.2) is 0 Å². The fraction of sp³-hybridized carbons (Fsp3) is 0.700. The van der Waals surface area contributed by atoms with E-state index in [0.29, 0.717) is 5.92 Å². The minimum atomic E-state index is 0.253. The molecular formula is C10H19N3. The highest BCUT2D eigenvalue weighted by Crippen LogP contribution is 2.36. The molecule has 1 rings (SSSR count). The Bertz CT molecular complexity index is 233. The molecule has 0 aliphatic carbocycles. The third-order valence-electron chi connectivity index (χ3n) is 2.42. The summed E-state index contributed by atoms with van der Waals surface area (Å²) in [6.45, 7) is 7.44. The second-order valence-electron chi connectivity index (χ2n) is 4.53. The van der Waals surface area contributed by atoms with Crippen molar-refractivity contribution in [3.05, 3.63) is 18.0 Å². The minimum Gasteiger partial charge on any atom is -0.330 e. The Morgan fingerprint density at radius 3 is 2.62 bits per heavy atom. The number of aromatic nitrogens is 2. The number of hydrogen-bond acceptors (Lipinski definition) is 2. The summed E-state index contributed by atoms with van der Waals surface area (Å²) in [5, 5.41) is 6.82. The van der Waals surface area contributed by atoms with Crippen LogP contribution in [0.5, 0.6) is 0 Å². The fourth-order valence-electron chi connectivity index (χ4n) is 1.72. The van der Waals surface area contributed by atoms with E-state index in [1.165, 1.54) is 5.56 Å². The van der Waals surface area contributed by atoms with Gasteiger partial charge >= 0.3 is 0 Å². The third kappa shape index (κ3) is 2.56. The van der Waals surface area contributed by atoms with Gasteiger partial charge in [0.1, 0.15) is 0 Å². The average molecular weight is 181 g/mol. The van der Waals surface area contributed by atoms with Crippen LogP contribution in [0.15, 0.2) is 12.4 Å². The van der Waals surface area contributed by atoms with Crippen molar-refractivity contribution in [3.8, 4) is 0 Å². The molecule has 0 aliphatic rings. The largest absolute Gasteiger partial charge is 0.330 e. The molecule has 0 aliphatic heterocycles. The first-order valence-electron chi connectivity index (χ1n) is 4.74. The predicted octanol–water partition coefficient (Wildman–Crippen LogP) is 1.89. The summed E-state index contributed by atoms with van der Waals surface area (Å²) in [5.41, 5.74) is 7.12. The van der Waals surface area contributed by atoms with E-state index in [1.54, 1.807) is 0 Å². The molecule has 1 aromatic rings. The normalized spacial score (nSPS) is 14.5. The van der Waals surface area contributed by atoms with Crippen molar-refractivity contribution in [1.29, 1.82) is 0 Å². The topological polar surface area (TPSA) is 54.7 Å². The molecule has 0 saturated heterocycles. The summed E-state index contributed by atoms with van der Waals surface area (Å²) in [5.74, 6) is 0.497. The molecule has 0 spiro atoms. The number of nitrogens with one attached hydrogen (secondary N) is 1. The monoisotopic (exact) mass is 181 g/mol. The Morgan fingerprint density at radius 1 is 1.54 bits per heavy atom. The standard InChI is InChI=1S/C10H19N3/c1-10(2,3)9(4-5-11)8-6-12-13-7-8/h6-7,9H,4-5,11H2,1-3H3,(H,12,13). The predicted molar refractivity (Wildman–Crippen MR) is 54.5 cm³/mol. The van der Waals surface area contributed by atoms with Crippen LogP contribution < -0.4 is 5.73 Å². The third-order valence-corrected chi connectivity index (χ3v) is 2.42. The number of nitrogens with zero attached hydrogens (tertiary/aromatic N) is 1. The molecule has 0 amide bonds. The molecule has 3 N–H and O–H groups in total. The van der Waals surface area contributed by atoms with Crippen molar-refractivity contribution in [1.82, 2.24) is 10.2 Å². The number of aromatic amines is 1. The molecule has 3 heteroatoms. The van der Waals surface area contributed by atoms with Crippen molar-refractivity contribution in [2.24, 2.45) is 11.1 Å². The van der Waals surface area contributed by atoms with Crippen molar-refractivity contribution in [2.45, 2.75) is 33.1 Å². The fourth-order valence-corrected chi connectivity index (χ4v) is 1.72. The zero-order chi connectivity index (χ0) is 9.90. The summed E-state index contributed by atoms with van der Waals surface area (Å²) < 4.78 is 0. The summed E-state index contributed by atoms with van der Waals surface area (Å²) in [7, 11) is 0. The summed E-state index contributed by atoms with van der Waals surface area (Å²) in [6, 6.07) is 0. The van der Waals surface area contributed by atoms with Crippen LogP contribution in [-0.2, 0) is 0 Å². The first-order chi connectivity index (χ1) is 6.05. The van der Waals surface area contributed by atoms with Crippen LogP contribution in [0.3, 0.4) is 0 Å². The SMILES string of the molecule is CC(C)(C)C(CCN)c1cn[nH]c1. The van der Waals surface area contributed by atoms with Gasteiger partial charge in [-0.2, -0.15) is 5.10 Å². The first-order valence-corrected chi connectivity index (χ1v) is 4.74. The van der Waals surface area contributed by atoms with Crippen molar-refractivity contribution >= 4 is 0 Å². The van der Waals surface area contributed by atoms with Crippen LogP contribution in [0.1, 0.15) is 38.7 Å². The van der Waals surface area contributed by atoms with Crippen LogP contribution >= 0.6 is 0 Å². The zero-order valence-corrected chi connectivity index (χ0v) is 8.67. The van der Waals surface area contributed by atoms with Gasteiger partial charge in [-0.1, -0.05) is 20.8 Å². The van der Waals surface area contributed by atoms with Gasteiger partial charge in [0.25, 0.3) is 0 Å². The minimum absolute atomic E-state index is 0.253. The van der Waals surface area contributed by atoms with Crippen LogP contribution in [0, 0.1) is 5.41 Å². The van der Waals surface area contributed by atoms with E-state index in [1.807, 2.05) is 12.4 Å². The smallest absolute Gasteiger partial charge is 0.0522 e. The summed E-state index contributed by atoms with van der Waals surface area (Å²) in [4.78, 5) is 0. The van der Waals surface area contributed by atoms with Gasteiger partial charge in [-0.3, -0.25) is 5.10 Å². The van der Waals surface area contributed by atoms with Crippen molar-refractivity contribution < 1.29 is 0 Å². The summed E-state index contributed by atoms with van der Waals surface area (Å²) >= 11 is 0. The molecule has 0 saturated carbocycles. The second-order valence-corrected chi connectivity index (χ2v) is 4.53. The molecule has 0 radical (unpaired) electrons. The highest BCUT2D eigenvalue weighted by molar-refractivity contribution is 5.13. The molecule has 74 valence electrons. The summed E-state index contributed by atoms with van der Waals surface area (Å²) in [6.07, 6.45) is 4.88. The number of rotatable bonds is 3. The highest BCUT2D eigenvalue weighted by atomic mass is 15.1. The lowest BCUT2D eigenvalue weighted by molar-refractivity contribution is 0.308. The Morgan fingerprint density at radius 2 is 2.23 bits per heavy atom. The van der Waals surface area contributed by atoms with Crippen molar-refractivity contribution in [2.75, 3.05) is 6.54 Å². The zero-order valence-electron chi connectivity index (χ0n) is 8.67. The molecule has 0 aromatic carbocycles. The second kappa shape index (κ2) is 3.92. The molecule has 13 heavy (non-hydrogen) atoms. The van der Waals surface area contributed by atoms with Gasteiger partial charge < -0.3 is 5.73 Å². The van der Waals surface area contributed by atoms with E-state index >= 15 is 0 Å². The lowest BCUT2D eigenvalue weighted by atomic mass is 9.75. The van der Waals surface area contributed by atoms with Crippen molar-refractivity contribution in [3.63, 3.8) is 0 Å². The number of hydrogen-bond donors (Lipinski definition) is 2. The average Bonchev–Trinajstić information content (AvgIpc) is 2.49. The van der Waals surface area contributed by atoms with E-state index in [-0.39, 0.29) is 5.41 Å². The molecule has 1 unspecified atom stereocenters. The maximum atomic E-state index is 5.60. The van der Waals surface area contributed by atoms with Gasteiger partial charge in [0.05, 0.1) is 6.20 Å². The van der Waals surface area contributed by atoms with Gasteiger partial charge in [-0.05, 0) is 29.9 Å². The van der Waals surface area contributed by atoms with Crippen LogP contribution in [-0.4, -0.2) is 16.7 Å². The van der Waals surface area contributed by atoms with E-state index in [4.69, 9.17) is 5.73 Å². The van der Waals surface area contributed by atoms with E-state index in [9.17, 15) is 0 Å². The lowest BCUT2D eigenvalue weighted by Crippen LogP contribution is -2.21. The van der Waals surface area contributed by atoms with E-state index in [2.05, 4.69) is 31.0 Å². The number of H-pyrrole nitrogens is 1. The first kappa shape index (κ1) is 10.3. The molecule has 0 fully saturated rings. The Labute approximate surface area is 79.7 Å². The Kier molecular flexibility index (Phi) is 3.09. The van der Waals surface area contributed by atoms with E-state index in [0.717, 1.165) is 13.0 Å². The van der Waals surface area contributed by atoms with Crippen LogP contribution in [0.25, 0.3) is 0 Å². The van der Waals surface area contributed by atoms with Gasteiger partial charge in [0, 0.05) is 6.20 Å². The molecule has 1 aromatic heterocycles.